The van der Waals surface area contributed by atoms with Crippen LogP contribution in [0.3, 0.4) is 0 Å². The summed E-state index contributed by atoms with van der Waals surface area (Å²) in [4.78, 5) is 15.4. The van der Waals surface area contributed by atoms with Gasteiger partial charge in [0.25, 0.3) is 0 Å². The van der Waals surface area contributed by atoms with Crippen LogP contribution in [0.4, 0.5) is 5.69 Å². The summed E-state index contributed by atoms with van der Waals surface area (Å²) >= 11 is 6.17. The van der Waals surface area contributed by atoms with Crippen LogP contribution >= 0.6 is 11.6 Å². The molecule has 0 aliphatic heterocycles. The zero-order valence-electron chi connectivity index (χ0n) is 11.0. The van der Waals surface area contributed by atoms with Crippen molar-refractivity contribution < 1.29 is 9.53 Å². The lowest BCUT2D eigenvalue weighted by Gasteiger charge is -2.12. The third kappa shape index (κ3) is 2.65. The number of carbonyl (C=O) groups is 1. The lowest BCUT2D eigenvalue weighted by atomic mass is 10.1. The van der Waals surface area contributed by atoms with Gasteiger partial charge in [-0.15, -0.1) is 0 Å². The number of benzene rings is 1. The Labute approximate surface area is 121 Å². The Kier molecular flexibility index (Phi) is 4.06. The molecule has 0 saturated carbocycles. The van der Waals surface area contributed by atoms with Crippen LogP contribution in [0.15, 0.2) is 18.3 Å². The molecule has 5 nitrogen and oxygen atoms in total. The minimum Gasteiger partial charge on any atom is -0.492 e. The van der Waals surface area contributed by atoms with Crippen LogP contribution in [0.1, 0.15) is 19.4 Å². The van der Waals surface area contributed by atoms with Gasteiger partial charge in [-0.25, -0.2) is 0 Å². The van der Waals surface area contributed by atoms with Gasteiger partial charge < -0.3 is 10.1 Å². The number of nitrogens with one attached hydrogen (secondary N) is 1. The Morgan fingerprint density at radius 3 is 2.90 bits per heavy atom. The predicted octanol–water partition coefficient (Wildman–Crippen LogP) is 3.12. The highest BCUT2D eigenvalue weighted by molar-refractivity contribution is 6.36. The highest BCUT2D eigenvalue weighted by atomic mass is 35.5. The van der Waals surface area contributed by atoms with E-state index in [4.69, 9.17) is 21.6 Å². The number of hydrogen-bond donors (Lipinski definition) is 1. The van der Waals surface area contributed by atoms with Gasteiger partial charge in [-0.05, 0) is 19.1 Å². The molecule has 0 spiro atoms. The van der Waals surface area contributed by atoms with Crippen LogP contribution in [-0.2, 0) is 4.79 Å². The van der Waals surface area contributed by atoms with E-state index in [-0.39, 0.29) is 5.91 Å². The van der Waals surface area contributed by atoms with E-state index < -0.39 is 0 Å². The van der Waals surface area contributed by atoms with Gasteiger partial charge in [-0.1, -0.05) is 11.6 Å². The number of anilines is 1. The first-order valence-electron chi connectivity index (χ1n) is 5.99. The molecule has 0 aliphatic carbocycles. The molecule has 6 heteroatoms. The molecule has 0 unspecified atom stereocenters. The Bertz CT molecular complexity index is 722. The van der Waals surface area contributed by atoms with E-state index in [1.807, 2.05) is 13.0 Å². The molecule has 2 rings (SSSR count). The number of pyridine rings is 1. The summed E-state index contributed by atoms with van der Waals surface area (Å²) in [5.74, 6) is 0.291. The van der Waals surface area contributed by atoms with Crippen LogP contribution in [0.25, 0.3) is 10.9 Å². The molecule has 20 heavy (non-hydrogen) atoms. The molecule has 0 radical (unpaired) electrons. The summed E-state index contributed by atoms with van der Waals surface area (Å²) in [5.41, 5.74) is 1.41. The molecule has 0 aliphatic rings. The number of amides is 1. The van der Waals surface area contributed by atoms with Gasteiger partial charge in [-0.3, -0.25) is 9.78 Å². The van der Waals surface area contributed by atoms with Crippen molar-refractivity contribution in [3.8, 4) is 11.8 Å². The van der Waals surface area contributed by atoms with Gasteiger partial charge in [0.2, 0.25) is 5.91 Å². The van der Waals surface area contributed by atoms with E-state index in [1.165, 1.54) is 13.1 Å². The third-order valence-electron chi connectivity index (χ3n) is 2.63. The Balaban J connectivity index is 2.68. The molecule has 2 aromatic rings. The smallest absolute Gasteiger partial charge is 0.221 e. The van der Waals surface area contributed by atoms with Crippen molar-refractivity contribution >= 4 is 34.1 Å². The Hall–Kier alpha value is -2.32. The fourth-order valence-electron chi connectivity index (χ4n) is 1.83. The standard InChI is InChI=1S/C14H12ClN3O2/c1-3-20-13-4-10-11(5-12(13)18-8(2)19)17-7-9(6-16)14(10)15/h4-5,7H,3H2,1-2H3,(H,18,19). The van der Waals surface area contributed by atoms with Crippen LogP contribution in [0.2, 0.25) is 5.02 Å². The van der Waals surface area contributed by atoms with Crippen LogP contribution in [0, 0.1) is 11.3 Å². The van der Waals surface area contributed by atoms with E-state index in [0.29, 0.717) is 39.5 Å². The molecule has 1 heterocycles. The predicted molar refractivity (Wildman–Crippen MR) is 76.9 cm³/mol. The van der Waals surface area contributed by atoms with E-state index in [1.54, 1.807) is 12.1 Å². The first kappa shape index (κ1) is 14.1. The number of ether oxygens (including phenoxy) is 1. The Morgan fingerprint density at radius 2 is 2.30 bits per heavy atom. The second-order valence-electron chi connectivity index (χ2n) is 4.08. The van der Waals surface area contributed by atoms with E-state index >= 15 is 0 Å². The molecule has 1 aromatic heterocycles. The van der Waals surface area contributed by atoms with Crippen LogP contribution in [-0.4, -0.2) is 17.5 Å². The van der Waals surface area contributed by atoms with Crippen molar-refractivity contribution in [2.24, 2.45) is 0 Å². The number of hydrogen-bond acceptors (Lipinski definition) is 4. The molecular formula is C14H12ClN3O2. The first-order valence-corrected chi connectivity index (χ1v) is 6.37. The van der Waals surface area contributed by atoms with E-state index in [0.717, 1.165) is 0 Å². The number of carbonyl (C=O) groups excluding carboxylic acids is 1. The average molecular weight is 290 g/mol. The van der Waals surface area contributed by atoms with Gasteiger partial charge >= 0.3 is 0 Å². The number of nitriles is 1. The van der Waals surface area contributed by atoms with E-state index in [2.05, 4.69) is 10.3 Å². The quantitative estimate of drug-likeness (QED) is 0.942. The zero-order chi connectivity index (χ0) is 14.7. The number of fused-ring (bicyclic) bond motifs is 1. The monoisotopic (exact) mass is 289 g/mol. The molecule has 1 aromatic carbocycles. The highest BCUT2D eigenvalue weighted by Gasteiger charge is 2.12. The van der Waals surface area contributed by atoms with E-state index in [9.17, 15) is 4.79 Å². The lowest BCUT2D eigenvalue weighted by molar-refractivity contribution is -0.114. The molecule has 1 N–H and O–H groups in total. The van der Waals surface area contributed by atoms with Crippen LogP contribution < -0.4 is 10.1 Å². The molecule has 0 bridgehead atoms. The number of halogens is 1. The number of nitrogens with zero attached hydrogens (tertiary/aromatic N) is 2. The topological polar surface area (TPSA) is 75.0 Å². The minimum atomic E-state index is -0.204. The summed E-state index contributed by atoms with van der Waals surface area (Å²) in [6, 6.07) is 5.34. The zero-order valence-corrected chi connectivity index (χ0v) is 11.8. The number of aromatic nitrogens is 1. The van der Waals surface area contributed by atoms with Gasteiger partial charge in [0.15, 0.2) is 0 Å². The number of rotatable bonds is 3. The van der Waals surface area contributed by atoms with Crippen molar-refractivity contribution in [1.82, 2.24) is 4.98 Å². The second-order valence-corrected chi connectivity index (χ2v) is 4.46. The maximum absolute atomic E-state index is 11.2. The fraction of sp³-hybridized carbons (Fsp3) is 0.214. The summed E-state index contributed by atoms with van der Waals surface area (Å²) in [6.07, 6.45) is 1.41. The summed E-state index contributed by atoms with van der Waals surface area (Å²) < 4.78 is 5.49. The largest absolute Gasteiger partial charge is 0.492 e. The molecule has 1 amide bonds. The highest BCUT2D eigenvalue weighted by Crippen LogP contribution is 2.34. The lowest BCUT2D eigenvalue weighted by Crippen LogP contribution is -2.08. The van der Waals surface area contributed by atoms with Gasteiger partial charge in [0, 0.05) is 18.5 Å². The normalized spacial score (nSPS) is 10.1. The molecule has 0 fully saturated rings. The van der Waals surface area contributed by atoms with Crippen molar-refractivity contribution in [3.63, 3.8) is 0 Å². The SMILES string of the molecule is CCOc1cc2c(Cl)c(C#N)cnc2cc1NC(C)=O. The van der Waals surface area contributed by atoms with Gasteiger partial charge in [0.05, 0.1) is 28.4 Å². The average Bonchev–Trinajstić information content (AvgIpc) is 2.40. The van der Waals surface area contributed by atoms with Crippen molar-refractivity contribution in [3.05, 3.63) is 28.9 Å². The van der Waals surface area contributed by atoms with Gasteiger partial charge in [-0.2, -0.15) is 5.26 Å². The van der Waals surface area contributed by atoms with Crippen molar-refractivity contribution in [2.75, 3.05) is 11.9 Å². The second kappa shape index (κ2) is 5.76. The summed E-state index contributed by atoms with van der Waals surface area (Å²) in [7, 11) is 0. The van der Waals surface area contributed by atoms with Crippen LogP contribution in [0.5, 0.6) is 5.75 Å². The molecule has 0 saturated heterocycles. The maximum Gasteiger partial charge on any atom is 0.221 e. The van der Waals surface area contributed by atoms with Crippen molar-refractivity contribution in [2.45, 2.75) is 13.8 Å². The fourth-order valence-corrected chi connectivity index (χ4v) is 2.07. The van der Waals surface area contributed by atoms with Crippen molar-refractivity contribution in [1.29, 1.82) is 5.26 Å². The third-order valence-corrected chi connectivity index (χ3v) is 3.04. The summed E-state index contributed by atoms with van der Waals surface area (Å²) in [5, 5.41) is 12.6. The Morgan fingerprint density at radius 1 is 1.55 bits per heavy atom. The first-order chi connectivity index (χ1) is 9.56. The molecule has 102 valence electrons. The molecular weight excluding hydrogens is 278 g/mol. The molecule has 0 atom stereocenters. The minimum absolute atomic E-state index is 0.204. The summed E-state index contributed by atoms with van der Waals surface area (Å²) in [6.45, 7) is 3.70. The van der Waals surface area contributed by atoms with Gasteiger partial charge in [0.1, 0.15) is 11.8 Å². The maximum atomic E-state index is 11.2.